The Bertz CT molecular complexity index is 2400. The van der Waals surface area contributed by atoms with Crippen LogP contribution >= 0.6 is 23.2 Å². The van der Waals surface area contributed by atoms with Crippen molar-refractivity contribution >= 4 is 68.4 Å². The van der Waals surface area contributed by atoms with Gasteiger partial charge in [-0.05, 0) is 79.1 Å². The molecule has 4 atom stereocenters. The number of anilines is 2. The van der Waals surface area contributed by atoms with E-state index in [4.69, 9.17) is 45.6 Å². The average molecular weight is 773 g/mol. The second-order valence-electron chi connectivity index (χ2n) is 14.9. The monoisotopic (exact) mass is 771 g/mol. The summed E-state index contributed by atoms with van der Waals surface area (Å²) in [6.45, 7) is 0.797. The summed E-state index contributed by atoms with van der Waals surface area (Å²) in [5.41, 5.74) is 0.591. The van der Waals surface area contributed by atoms with Crippen LogP contribution in [0.4, 0.5) is 20.6 Å². The number of rotatable bonds is 4. The Hall–Kier alpha value is -4.13. The highest BCUT2D eigenvalue weighted by atomic mass is 35.5. The second-order valence-corrected chi connectivity index (χ2v) is 15.7. The Balaban J connectivity index is 1.33. The number of hydrogen-bond acceptors (Lipinski definition) is 10. The molecular weight excluding hydrogens is 724 g/mol. The Morgan fingerprint density at radius 1 is 1.13 bits per heavy atom. The van der Waals surface area contributed by atoms with Crippen LogP contribution in [0.5, 0.6) is 5.88 Å². The maximum Gasteiger partial charge on any atom is 0.410 e. The molecule has 280 valence electrons. The summed E-state index contributed by atoms with van der Waals surface area (Å²) >= 11 is 14.0. The molecule has 0 saturated carbocycles. The van der Waals surface area contributed by atoms with Gasteiger partial charge in [0.1, 0.15) is 34.5 Å². The first-order valence-corrected chi connectivity index (χ1v) is 18.3. The van der Waals surface area contributed by atoms with Crippen LogP contribution in [0.15, 0.2) is 30.1 Å². The van der Waals surface area contributed by atoms with E-state index in [2.05, 4.69) is 10.1 Å². The number of halogens is 3. The zero-order valence-electron chi connectivity index (χ0n) is 35.6. The number of hydrogen-bond donors (Lipinski definition) is 0. The smallest absolute Gasteiger partial charge is 0.410 e. The molecule has 12 nitrogen and oxygen atoms in total. The van der Waals surface area contributed by atoms with Crippen LogP contribution in [0.1, 0.15) is 61.4 Å². The fourth-order valence-electron chi connectivity index (χ4n) is 7.96. The minimum Gasteiger partial charge on any atom is -0.470 e. The summed E-state index contributed by atoms with van der Waals surface area (Å²) in [6, 6.07) is 3.68. The van der Waals surface area contributed by atoms with Crippen molar-refractivity contribution in [1.82, 2.24) is 24.6 Å². The van der Waals surface area contributed by atoms with Gasteiger partial charge < -0.3 is 33.8 Å². The minimum atomic E-state index is -3.05. The summed E-state index contributed by atoms with van der Waals surface area (Å²) in [7, 11) is 0. The first-order valence-electron chi connectivity index (χ1n) is 20.5. The lowest BCUT2D eigenvalue weighted by atomic mass is 9.93. The molecule has 6 heterocycles. The van der Waals surface area contributed by atoms with Crippen molar-refractivity contribution in [3.05, 3.63) is 46.0 Å². The highest BCUT2D eigenvalue weighted by molar-refractivity contribution is 6.39. The van der Waals surface area contributed by atoms with Gasteiger partial charge in [-0.1, -0.05) is 23.2 Å². The molecule has 1 amide bonds. The zero-order chi connectivity index (χ0) is 42.5. The number of piperazine rings is 1. The summed E-state index contributed by atoms with van der Waals surface area (Å²) in [4.78, 5) is 36.5. The number of carbonyl (C=O) groups excluding carboxylic acids is 2. The number of pyridine rings is 1. The van der Waals surface area contributed by atoms with E-state index in [1.165, 1.54) is 4.90 Å². The summed E-state index contributed by atoms with van der Waals surface area (Å²) in [6.07, 6.45) is 2.12. The molecule has 0 N–H and O–H groups in total. The first kappa shape index (κ1) is 29.3. The molecule has 2 fully saturated rings. The van der Waals surface area contributed by atoms with E-state index < -0.39 is 56.2 Å². The average Bonchev–Trinajstić information content (AvgIpc) is 3.58. The molecule has 15 heteroatoms. The third-order valence-electron chi connectivity index (χ3n) is 10.2. The molecule has 0 spiro atoms. The Labute approximate surface area is 325 Å². The number of ether oxygens (including phenoxy) is 3. The molecule has 4 aliphatic rings. The van der Waals surface area contributed by atoms with E-state index in [1.807, 2.05) is 17.8 Å². The van der Waals surface area contributed by atoms with Crippen molar-refractivity contribution in [2.24, 2.45) is 0 Å². The Morgan fingerprint density at radius 2 is 1.94 bits per heavy atom. The molecule has 1 unspecified atom stereocenters. The van der Waals surface area contributed by atoms with Gasteiger partial charge in [0.05, 0.1) is 41.6 Å². The predicted molar refractivity (Wildman–Crippen MR) is 202 cm³/mol. The third kappa shape index (κ3) is 6.06. The van der Waals surface area contributed by atoms with Crippen molar-refractivity contribution in [2.75, 3.05) is 56.5 Å². The van der Waals surface area contributed by atoms with Crippen LogP contribution in [0.3, 0.4) is 0 Å². The van der Waals surface area contributed by atoms with Gasteiger partial charge in [-0.3, -0.25) is 0 Å². The minimum absolute atomic E-state index is 0.00457. The van der Waals surface area contributed by atoms with Gasteiger partial charge >= 0.3 is 6.09 Å². The van der Waals surface area contributed by atoms with E-state index in [1.54, 1.807) is 54.7 Å². The van der Waals surface area contributed by atoms with Crippen LogP contribution < -0.4 is 14.5 Å². The number of amides is 1. The Kier molecular flexibility index (Phi) is 7.35. The molecule has 0 bridgehead atoms. The van der Waals surface area contributed by atoms with Crippen molar-refractivity contribution < 1.29 is 36.4 Å². The van der Waals surface area contributed by atoms with E-state index in [-0.39, 0.29) is 75.2 Å². The van der Waals surface area contributed by atoms with Gasteiger partial charge in [0.15, 0.2) is 12.0 Å². The lowest BCUT2D eigenvalue weighted by Crippen LogP contribution is -2.64. The van der Waals surface area contributed by atoms with Gasteiger partial charge in [-0.25, -0.2) is 23.6 Å². The standard InChI is InChI=1S/C38H42Cl2FN7O5/c1-20-15-46-27(18-45(20)37(50)53-38(2,3)4)28(19-49)47-17-21(16-44(5)6)52-36-35(47)34(46)22-13-25(40)31(32(41)33(22)43-36)30-23-14-42-48(26(23)11-10-24(30)39)29-9-7-8-12-51-29/h10-11,13-14,20-21,27,29H,7-9,12,15-18H2,1-6H3/t20-,21-,27-,29?/m1/s1/i5D3,6D3. The van der Waals surface area contributed by atoms with Crippen molar-refractivity contribution in [2.45, 2.75) is 77.0 Å². The summed E-state index contributed by atoms with van der Waals surface area (Å²) in [5.74, 6) is 1.01. The molecule has 0 radical (unpaired) electrons. The van der Waals surface area contributed by atoms with Crippen molar-refractivity contribution in [3.63, 3.8) is 0 Å². The SMILES string of the molecule is [2H]C([2H])([2H])N(C[C@@H]1CN2C(=C=O)[C@H]3CN(C(=O)OC(C)(C)C)[C@H](C)CN3c3c2c(nc2c(F)c(-c4c(Cl)ccc5c4cnn5C4CCCCO4)c(Cl)cc32)O1)C([2H])([2H])[2H]. The summed E-state index contributed by atoms with van der Waals surface area (Å²) in [5, 5.41) is 5.59. The van der Waals surface area contributed by atoms with Crippen LogP contribution in [0.25, 0.3) is 32.9 Å². The quantitative estimate of drug-likeness (QED) is 0.200. The maximum atomic E-state index is 17.6. The number of likely N-dealkylation sites (N-methyl/N-ethyl adjacent to an activating group) is 1. The van der Waals surface area contributed by atoms with E-state index >= 15 is 4.39 Å². The fourth-order valence-corrected chi connectivity index (χ4v) is 8.51. The second kappa shape index (κ2) is 13.3. The van der Waals surface area contributed by atoms with Crippen LogP contribution in [0.2, 0.25) is 10.0 Å². The number of benzene rings is 2. The van der Waals surface area contributed by atoms with Gasteiger partial charge in [-0.15, -0.1) is 0 Å². The maximum absolute atomic E-state index is 17.6. The van der Waals surface area contributed by atoms with E-state index in [0.29, 0.717) is 28.1 Å². The highest BCUT2D eigenvalue weighted by Crippen LogP contribution is 2.54. The van der Waals surface area contributed by atoms with Gasteiger partial charge in [0.2, 0.25) is 5.88 Å². The van der Waals surface area contributed by atoms with Crippen LogP contribution in [-0.2, 0) is 14.3 Å². The number of fused-ring (bicyclic) bond motifs is 5. The predicted octanol–water partition coefficient (Wildman–Crippen LogP) is 7.07. The Morgan fingerprint density at radius 3 is 2.66 bits per heavy atom. The number of aromatic nitrogens is 3. The molecule has 2 saturated heterocycles. The van der Waals surface area contributed by atoms with Gasteiger partial charge in [-0.2, -0.15) is 5.10 Å². The molecule has 4 aliphatic heterocycles. The van der Waals surface area contributed by atoms with Crippen molar-refractivity contribution in [1.29, 1.82) is 0 Å². The first-order chi connectivity index (χ1) is 27.7. The highest BCUT2D eigenvalue weighted by Gasteiger charge is 2.48. The van der Waals surface area contributed by atoms with Crippen molar-refractivity contribution in [3.8, 4) is 17.0 Å². The van der Waals surface area contributed by atoms with Crippen LogP contribution in [-0.4, -0.2) is 107 Å². The molecule has 0 aliphatic carbocycles. The van der Waals surface area contributed by atoms with E-state index in [0.717, 1.165) is 19.3 Å². The molecule has 2 aromatic carbocycles. The zero-order valence-corrected chi connectivity index (χ0v) is 31.1. The largest absolute Gasteiger partial charge is 0.470 e. The third-order valence-corrected chi connectivity index (χ3v) is 10.8. The summed E-state index contributed by atoms with van der Waals surface area (Å²) < 4.78 is 85.4. The molecule has 53 heavy (non-hydrogen) atoms. The lowest BCUT2D eigenvalue weighted by molar-refractivity contribution is -0.0366. The van der Waals surface area contributed by atoms with E-state index in [9.17, 15) is 9.59 Å². The lowest BCUT2D eigenvalue weighted by Gasteiger charge is -2.53. The number of nitrogens with zero attached hydrogens (tertiary/aromatic N) is 7. The molecule has 2 aromatic heterocycles. The van der Waals surface area contributed by atoms with Gasteiger partial charge in [0, 0.05) is 60.9 Å². The number of carbonyl (C=O) groups is 1. The normalized spacial score (nSPS) is 25.1. The molecule has 8 rings (SSSR count). The molecule has 4 aromatic rings. The van der Waals surface area contributed by atoms with Gasteiger partial charge in [0.25, 0.3) is 0 Å². The topological polar surface area (TPSA) is 106 Å². The molecular formula is C38H42Cl2FN7O5. The fraction of sp³-hybridized carbons (Fsp3) is 0.500. The van der Waals surface area contributed by atoms with Crippen LogP contribution in [0, 0.1) is 5.82 Å².